The number of aliphatic carboxylic acids is 1. The van der Waals surface area contributed by atoms with Gasteiger partial charge in [-0.05, 0) is 20.3 Å². The van der Waals surface area contributed by atoms with Gasteiger partial charge in [0.15, 0.2) is 0 Å². The van der Waals surface area contributed by atoms with Gasteiger partial charge in [-0.25, -0.2) is 9.78 Å². The molecule has 0 atom stereocenters. The summed E-state index contributed by atoms with van der Waals surface area (Å²) in [6, 6.07) is 0. The van der Waals surface area contributed by atoms with Crippen molar-refractivity contribution in [1.29, 1.82) is 0 Å². The van der Waals surface area contributed by atoms with E-state index in [1.807, 2.05) is 17.7 Å². The molecule has 76 valence electrons. The Balaban J connectivity index is 2.46. The van der Waals surface area contributed by atoms with Gasteiger partial charge in [-0.1, -0.05) is 6.08 Å². The van der Waals surface area contributed by atoms with E-state index in [1.165, 1.54) is 0 Å². The quantitative estimate of drug-likeness (QED) is 0.741. The summed E-state index contributed by atoms with van der Waals surface area (Å²) >= 11 is 0. The van der Waals surface area contributed by atoms with Crippen molar-refractivity contribution in [1.82, 2.24) is 9.55 Å². The van der Waals surface area contributed by atoms with E-state index in [0.717, 1.165) is 18.8 Å². The highest BCUT2D eigenvalue weighted by atomic mass is 16.4. The summed E-state index contributed by atoms with van der Waals surface area (Å²) in [4.78, 5) is 14.5. The number of nitrogens with zero attached hydrogens (tertiary/aromatic N) is 2. The maximum absolute atomic E-state index is 10.5. The topological polar surface area (TPSA) is 55.1 Å². The van der Waals surface area contributed by atoms with Crippen LogP contribution in [0.3, 0.4) is 0 Å². The fraction of sp³-hybridized carbons (Fsp3) is 0.400. The van der Waals surface area contributed by atoms with Gasteiger partial charge in [0.1, 0.15) is 5.82 Å². The SMILES string of the molecule is CC(=CCCn1ccnc1C)C(=O)O. The Bertz CT molecular complexity index is 353. The minimum Gasteiger partial charge on any atom is -0.478 e. The van der Waals surface area contributed by atoms with Crippen LogP contribution in [0.2, 0.25) is 0 Å². The molecular weight excluding hydrogens is 180 g/mol. The van der Waals surface area contributed by atoms with Crippen LogP contribution in [-0.4, -0.2) is 20.6 Å². The fourth-order valence-electron chi connectivity index (χ4n) is 1.15. The normalized spacial score (nSPS) is 11.7. The lowest BCUT2D eigenvalue weighted by Crippen LogP contribution is -2.00. The van der Waals surface area contributed by atoms with Gasteiger partial charge in [0, 0.05) is 24.5 Å². The number of carbonyl (C=O) groups is 1. The third-order valence-electron chi connectivity index (χ3n) is 2.08. The Hall–Kier alpha value is -1.58. The second-order valence-electron chi connectivity index (χ2n) is 3.15. The first-order chi connectivity index (χ1) is 6.61. The van der Waals surface area contributed by atoms with Gasteiger partial charge in [0.2, 0.25) is 0 Å². The summed E-state index contributed by atoms with van der Waals surface area (Å²) in [6.45, 7) is 4.30. The van der Waals surface area contributed by atoms with Gasteiger partial charge in [-0.2, -0.15) is 0 Å². The van der Waals surface area contributed by atoms with Gasteiger partial charge < -0.3 is 9.67 Å². The first-order valence-corrected chi connectivity index (χ1v) is 4.49. The van der Waals surface area contributed by atoms with Crippen molar-refractivity contribution in [2.24, 2.45) is 0 Å². The highest BCUT2D eigenvalue weighted by Gasteiger charge is 1.99. The van der Waals surface area contributed by atoms with E-state index in [0.29, 0.717) is 5.57 Å². The average molecular weight is 194 g/mol. The number of imidazole rings is 1. The number of carboxylic acid groups (broad SMARTS) is 1. The maximum atomic E-state index is 10.5. The number of hydrogen-bond acceptors (Lipinski definition) is 2. The molecule has 1 heterocycles. The van der Waals surface area contributed by atoms with Gasteiger partial charge in [-0.3, -0.25) is 0 Å². The molecule has 0 radical (unpaired) electrons. The van der Waals surface area contributed by atoms with E-state index in [2.05, 4.69) is 4.98 Å². The van der Waals surface area contributed by atoms with Crippen LogP contribution < -0.4 is 0 Å². The number of aryl methyl sites for hydroxylation is 2. The Morgan fingerprint density at radius 2 is 2.43 bits per heavy atom. The molecule has 4 heteroatoms. The number of aromatic nitrogens is 2. The highest BCUT2D eigenvalue weighted by molar-refractivity contribution is 5.85. The highest BCUT2D eigenvalue weighted by Crippen LogP contribution is 2.00. The van der Waals surface area contributed by atoms with Crippen LogP contribution in [0.25, 0.3) is 0 Å². The predicted molar refractivity (Wildman–Crippen MR) is 53.0 cm³/mol. The minimum absolute atomic E-state index is 0.391. The molecule has 0 aliphatic heterocycles. The van der Waals surface area contributed by atoms with Crippen LogP contribution in [0.1, 0.15) is 19.2 Å². The number of allylic oxidation sites excluding steroid dienone is 1. The largest absolute Gasteiger partial charge is 0.478 e. The molecule has 4 nitrogen and oxygen atoms in total. The molecule has 0 bridgehead atoms. The Labute approximate surface area is 82.9 Å². The van der Waals surface area contributed by atoms with Gasteiger partial charge >= 0.3 is 5.97 Å². The molecule has 0 aromatic carbocycles. The van der Waals surface area contributed by atoms with Crippen molar-refractivity contribution in [3.05, 3.63) is 29.9 Å². The predicted octanol–water partition coefficient (Wildman–Crippen LogP) is 1.61. The van der Waals surface area contributed by atoms with Crippen molar-refractivity contribution in [2.45, 2.75) is 26.8 Å². The standard InChI is InChI=1S/C10H14N2O2/c1-8(10(13)14)4-3-6-12-7-5-11-9(12)2/h4-5,7H,3,6H2,1-2H3,(H,13,14). The fourth-order valence-corrected chi connectivity index (χ4v) is 1.15. The minimum atomic E-state index is -0.854. The summed E-state index contributed by atoms with van der Waals surface area (Å²) in [5, 5.41) is 8.61. The van der Waals surface area contributed by atoms with Crippen LogP contribution in [0, 0.1) is 6.92 Å². The number of hydrogen-bond donors (Lipinski definition) is 1. The van der Waals surface area contributed by atoms with Crippen molar-refractivity contribution in [3.63, 3.8) is 0 Å². The van der Waals surface area contributed by atoms with Crippen molar-refractivity contribution in [3.8, 4) is 0 Å². The van der Waals surface area contributed by atoms with Crippen LogP contribution in [0.15, 0.2) is 24.0 Å². The van der Waals surface area contributed by atoms with Crippen LogP contribution >= 0.6 is 0 Å². The molecule has 0 saturated heterocycles. The van der Waals surface area contributed by atoms with Crippen LogP contribution in [0.5, 0.6) is 0 Å². The van der Waals surface area contributed by atoms with Crippen molar-refractivity contribution in [2.75, 3.05) is 0 Å². The number of carboxylic acids is 1. The Morgan fingerprint density at radius 3 is 2.93 bits per heavy atom. The van der Waals surface area contributed by atoms with E-state index >= 15 is 0 Å². The molecular formula is C10H14N2O2. The monoisotopic (exact) mass is 194 g/mol. The van der Waals surface area contributed by atoms with E-state index in [9.17, 15) is 4.79 Å². The van der Waals surface area contributed by atoms with E-state index in [-0.39, 0.29) is 0 Å². The average Bonchev–Trinajstić information content (AvgIpc) is 2.51. The lowest BCUT2D eigenvalue weighted by molar-refractivity contribution is -0.132. The molecule has 0 unspecified atom stereocenters. The molecule has 0 aliphatic carbocycles. The second kappa shape index (κ2) is 4.60. The molecule has 1 aromatic rings. The summed E-state index contributed by atoms with van der Waals surface area (Å²) in [5.74, 6) is 0.0960. The maximum Gasteiger partial charge on any atom is 0.330 e. The van der Waals surface area contributed by atoms with Crippen molar-refractivity contribution < 1.29 is 9.90 Å². The Kier molecular flexibility index (Phi) is 3.45. The lowest BCUT2D eigenvalue weighted by Gasteiger charge is -2.01. The summed E-state index contributed by atoms with van der Waals surface area (Å²) in [7, 11) is 0. The van der Waals surface area contributed by atoms with E-state index < -0.39 is 5.97 Å². The second-order valence-corrected chi connectivity index (χ2v) is 3.15. The molecule has 0 spiro atoms. The zero-order valence-electron chi connectivity index (χ0n) is 8.40. The molecule has 0 aliphatic rings. The van der Waals surface area contributed by atoms with Gasteiger partial charge in [0.05, 0.1) is 0 Å². The molecule has 1 N–H and O–H groups in total. The van der Waals surface area contributed by atoms with Gasteiger partial charge in [-0.15, -0.1) is 0 Å². The smallest absolute Gasteiger partial charge is 0.330 e. The lowest BCUT2D eigenvalue weighted by atomic mass is 10.2. The first-order valence-electron chi connectivity index (χ1n) is 4.49. The van der Waals surface area contributed by atoms with E-state index in [4.69, 9.17) is 5.11 Å². The molecule has 0 fully saturated rings. The first kappa shape index (κ1) is 10.5. The molecule has 14 heavy (non-hydrogen) atoms. The van der Waals surface area contributed by atoms with Crippen LogP contribution in [0.4, 0.5) is 0 Å². The molecule has 0 saturated carbocycles. The Morgan fingerprint density at radius 1 is 1.71 bits per heavy atom. The van der Waals surface area contributed by atoms with Crippen molar-refractivity contribution >= 4 is 5.97 Å². The third-order valence-corrected chi connectivity index (χ3v) is 2.08. The summed E-state index contributed by atoms with van der Waals surface area (Å²) in [5.41, 5.74) is 0.391. The van der Waals surface area contributed by atoms with Crippen LogP contribution in [-0.2, 0) is 11.3 Å². The third kappa shape index (κ3) is 2.73. The number of rotatable bonds is 4. The molecule has 1 aromatic heterocycles. The zero-order valence-corrected chi connectivity index (χ0v) is 8.40. The summed E-state index contributed by atoms with van der Waals surface area (Å²) < 4.78 is 1.99. The molecule has 0 amide bonds. The zero-order chi connectivity index (χ0) is 10.6. The molecule has 1 rings (SSSR count). The van der Waals surface area contributed by atoms with Gasteiger partial charge in [0.25, 0.3) is 0 Å². The summed E-state index contributed by atoms with van der Waals surface area (Å²) in [6.07, 6.45) is 6.07. The van der Waals surface area contributed by atoms with E-state index in [1.54, 1.807) is 19.2 Å².